The molecule has 0 saturated heterocycles. The van der Waals surface area contributed by atoms with Crippen molar-refractivity contribution < 1.29 is 34.7 Å². The Morgan fingerprint density at radius 1 is 1.00 bits per heavy atom. The van der Waals surface area contributed by atoms with Crippen LogP contribution in [0.2, 0.25) is 0 Å². The van der Waals surface area contributed by atoms with E-state index in [0.717, 1.165) is 20.8 Å². The maximum atomic E-state index is 14.3. The van der Waals surface area contributed by atoms with Gasteiger partial charge in [0.15, 0.2) is 10.00 Å². The summed E-state index contributed by atoms with van der Waals surface area (Å²) in [5.41, 5.74) is 0. The lowest BCUT2D eigenvalue weighted by molar-refractivity contribution is -0.0542. The third kappa shape index (κ3) is 3.06. The zero-order chi connectivity index (χ0) is 15.7. The fourth-order valence-electron chi connectivity index (χ4n) is 2.21. The van der Waals surface area contributed by atoms with E-state index in [0.29, 0.717) is 0 Å². The van der Waals surface area contributed by atoms with Gasteiger partial charge in [0.2, 0.25) is 0 Å². The van der Waals surface area contributed by atoms with Crippen LogP contribution < -0.4 is 0 Å². The van der Waals surface area contributed by atoms with E-state index in [9.17, 15) is 25.6 Å². The van der Waals surface area contributed by atoms with Gasteiger partial charge in [-0.05, 0) is 19.3 Å². The zero-order valence-corrected chi connectivity index (χ0v) is 12.4. The highest BCUT2D eigenvalue weighted by molar-refractivity contribution is 7.88. The lowest BCUT2D eigenvalue weighted by Gasteiger charge is -2.39. The SMILES string of the molecule is CCC(C(F)(F)C(CC)(CC)S(=O)(=O)O)S(=O)(=O)O. The molecule has 0 saturated carbocycles. The Morgan fingerprint density at radius 2 is 1.37 bits per heavy atom. The van der Waals surface area contributed by atoms with Crippen molar-refractivity contribution in [1.82, 2.24) is 0 Å². The maximum absolute atomic E-state index is 14.3. The minimum Gasteiger partial charge on any atom is -0.285 e. The van der Waals surface area contributed by atoms with Crippen LogP contribution in [-0.2, 0) is 20.2 Å². The van der Waals surface area contributed by atoms with Gasteiger partial charge in [-0.15, -0.1) is 0 Å². The Kier molecular flexibility index (Phi) is 5.49. The lowest BCUT2D eigenvalue weighted by Crippen LogP contribution is -2.60. The normalized spacial score (nSPS) is 16.4. The number of rotatable bonds is 7. The predicted molar refractivity (Wildman–Crippen MR) is 65.4 cm³/mol. The highest BCUT2D eigenvalue weighted by atomic mass is 32.2. The van der Waals surface area contributed by atoms with Gasteiger partial charge in [0.25, 0.3) is 26.2 Å². The van der Waals surface area contributed by atoms with Crippen LogP contribution in [0.1, 0.15) is 40.0 Å². The molecule has 0 aromatic carbocycles. The van der Waals surface area contributed by atoms with Crippen LogP contribution in [0.5, 0.6) is 0 Å². The second kappa shape index (κ2) is 5.58. The van der Waals surface area contributed by atoms with E-state index in [1.165, 1.54) is 0 Å². The summed E-state index contributed by atoms with van der Waals surface area (Å²) in [7, 11) is -10.4. The first-order valence-corrected chi connectivity index (χ1v) is 8.57. The Balaban J connectivity index is 6.24. The quantitative estimate of drug-likeness (QED) is 0.690. The fourth-order valence-corrected chi connectivity index (χ4v) is 4.52. The van der Waals surface area contributed by atoms with Crippen LogP contribution in [-0.4, -0.2) is 41.9 Å². The van der Waals surface area contributed by atoms with Gasteiger partial charge in [-0.3, -0.25) is 9.11 Å². The van der Waals surface area contributed by atoms with Crippen molar-refractivity contribution in [2.45, 2.75) is 56.0 Å². The van der Waals surface area contributed by atoms with Crippen LogP contribution in [0.4, 0.5) is 8.78 Å². The monoisotopic (exact) mass is 324 g/mol. The minimum absolute atomic E-state index is 0.691. The van der Waals surface area contributed by atoms with Gasteiger partial charge in [0.05, 0.1) is 0 Å². The molecule has 1 unspecified atom stereocenters. The summed E-state index contributed by atoms with van der Waals surface area (Å²) in [5, 5.41) is -2.60. The number of hydrogen-bond donors (Lipinski definition) is 2. The first-order chi connectivity index (χ1) is 8.31. The van der Waals surface area contributed by atoms with Crippen molar-refractivity contribution in [2.24, 2.45) is 0 Å². The topological polar surface area (TPSA) is 109 Å². The second-order valence-electron chi connectivity index (χ2n) is 4.21. The van der Waals surface area contributed by atoms with E-state index >= 15 is 0 Å². The largest absolute Gasteiger partial charge is 0.288 e. The smallest absolute Gasteiger partial charge is 0.285 e. The number of halogens is 2. The van der Waals surface area contributed by atoms with E-state index in [-0.39, 0.29) is 0 Å². The molecule has 1 atom stereocenters. The molecule has 0 heterocycles. The molecule has 0 bridgehead atoms. The molecule has 0 radical (unpaired) electrons. The zero-order valence-electron chi connectivity index (χ0n) is 10.8. The first-order valence-electron chi connectivity index (χ1n) is 5.62. The van der Waals surface area contributed by atoms with Crippen molar-refractivity contribution in [1.29, 1.82) is 0 Å². The molecule has 0 aliphatic carbocycles. The van der Waals surface area contributed by atoms with Gasteiger partial charge in [0, 0.05) is 0 Å². The van der Waals surface area contributed by atoms with Crippen LogP contribution in [0.25, 0.3) is 0 Å². The Bertz CT molecular complexity index is 507. The first kappa shape index (κ1) is 18.7. The Hall–Kier alpha value is -0.320. The number of hydrogen-bond acceptors (Lipinski definition) is 4. The van der Waals surface area contributed by atoms with Crippen LogP contribution in [0, 0.1) is 0 Å². The Labute approximate surface area is 111 Å². The van der Waals surface area contributed by atoms with Crippen molar-refractivity contribution in [3.8, 4) is 0 Å². The van der Waals surface area contributed by atoms with E-state index in [4.69, 9.17) is 9.11 Å². The molecule has 0 amide bonds. The molecule has 0 aliphatic heterocycles. The molecule has 0 fully saturated rings. The van der Waals surface area contributed by atoms with Gasteiger partial charge in [-0.2, -0.15) is 16.8 Å². The molecule has 6 nitrogen and oxygen atoms in total. The summed E-state index contributed by atoms with van der Waals surface area (Å²) in [6.07, 6.45) is -2.08. The summed E-state index contributed by atoms with van der Waals surface area (Å²) in [4.78, 5) is 0. The van der Waals surface area contributed by atoms with E-state index < -0.39 is 55.4 Å². The predicted octanol–water partition coefficient (Wildman–Crippen LogP) is 1.73. The average molecular weight is 324 g/mol. The van der Waals surface area contributed by atoms with Gasteiger partial charge in [-0.25, -0.2) is 8.78 Å². The summed E-state index contributed by atoms with van der Waals surface area (Å²) >= 11 is 0. The van der Waals surface area contributed by atoms with Crippen molar-refractivity contribution >= 4 is 20.2 Å². The molecule has 0 aromatic heterocycles. The van der Waals surface area contributed by atoms with Gasteiger partial charge in [0.1, 0.15) is 0 Å². The van der Waals surface area contributed by atoms with E-state index in [2.05, 4.69) is 0 Å². The third-order valence-corrected chi connectivity index (χ3v) is 6.56. The summed E-state index contributed by atoms with van der Waals surface area (Å²) in [6.45, 7) is 3.27. The van der Waals surface area contributed by atoms with Gasteiger partial charge in [-0.1, -0.05) is 20.8 Å². The molecule has 10 heteroatoms. The molecular weight excluding hydrogens is 306 g/mol. The summed E-state index contributed by atoms with van der Waals surface area (Å²) < 4.78 is 88.3. The molecular formula is C9H18F2O6S2. The number of alkyl halides is 2. The molecule has 0 aliphatic rings. The molecule has 2 N–H and O–H groups in total. The van der Waals surface area contributed by atoms with E-state index in [1.54, 1.807) is 0 Å². The van der Waals surface area contributed by atoms with Crippen molar-refractivity contribution in [3.63, 3.8) is 0 Å². The summed E-state index contributed by atoms with van der Waals surface area (Å²) in [6, 6.07) is 0. The molecule has 0 aromatic rings. The van der Waals surface area contributed by atoms with Gasteiger partial charge >= 0.3 is 0 Å². The van der Waals surface area contributed by atoms with Crippen molar-refractivity contribution in [2.75, 3.05) is 0 Å². The fraction of sp³-hybridized carbons (Fsp3) is 1.00. The van der Waals surface area contributed by atoms with E-state index in [1.807, 2.05) is 0 Å². The molecule has 116 valence electrons. The van der Waals surface area contributed by atoms with Crippen molar-refractivity contribution in [3.05, 3.63) is 0 Å². The average Bonchev–Trinajstić information content (AvgIpc) is 2.15. The summed E-state index contributed by atoms with van der Waals surface area (Å²) in [5.74, 6) is -4.33. The Morgan fingerprint density at radius 3 is 1.53 bits per heavy atom. The third-order valence-electron chi connectivity index (χ3n) is 3.38. The second-order valence-corrected chi connectivity index (χ2v) is 7.54. The van der Waals surface area contributed by atoms with Crippen LogP contribution in [0.3, 0.4) is 0 Å². The lowest BCUT2D eigenvalue weighted by atomic mass is 9.91. The van der Waals surface area contributed by atoms with Gasteiger partial charge < -0.3 is 0 Å². The molecule has 0 spiro atoms. The highest BCUT2D eigenvalue weighted by Crippen LogP contribution is 2.45. The molecule has 0 rings (SSSR count). The van der Waals surface area contributed by atoms with Crippen LogP contribution >= 0.6 is 0 Å². The standard InChI is InChI=1S/C9H18F2O6S2/c1-4-7(18(12,13)14)9(10,11)8(5-2,6-3)19(15,16)17/h7H,4-6H2,1-3H3,(H,12,13,14)(H,15,16,17). The molecule has 19 heavy (non-hydrogen) atoms. The highest BCUT2D eigenvalue weighted by Gasteiger charge is 2.66. The van der Waals surface area contributed by atoms with Crippen LogP contribution in [0.15, 0.2) is 0 Å². The maximum Gasteiger partial charge on any atom is 0.288 e. The minimum atomic E-state index is -5.23.